The first-order valence-corrected chi connectivity index (χ1v) is 5.96. The Labute approximate surface area is 120 Å². The van der Waals surface area contributed by atoms with E-state index in [4.69, 9.17) is 16.3 Å². The first kappa shape index (κ1) is 13.6. The second kappa shape index (κ2) is 4.59. The van der Waals surface area contributed by atoms with Crippen molar-refractivity contribution in [3.8, 4) is 11.6 Å². The number of nitrogens with one attached hydrogen (secondary N) is 1. The Bertz CT molecular complexity index is 749. The van der Waals surface area contributed by atoms with Gasteiger partial charge in [0.25, 0.3) is 11.8 Å². The number of anilines is 1. The second-order valence-corrected chi connectivity index (χ2v) is 4.54. The van der Waals surface area contributed by atoms with Crippen molar-refractivity contribution in [2.75, 3.05) is 5.32 Å². The third-order valence-corrected chi connectivity index (χ3v) is 2.92. The SMILES string of the molecule is O=C1Nc2cc(C(F)(F)F)ccc2Oc2nnc(Cl)cc21. The summed E-state index contributed by atoms with van der Waals surface area (Å²) in [4.78, 5) is 12.0. The first-order chi connectivity index (χ1) is 9.84. The molecule has 0 atom stereocenters. The molecule has 0 aliphatic carbocycles. The number of carbonyl (C=O) groups excluding carboxylic acids is 1. The molecule has 1 aliphatic heterocycles. The molecule has 1 aliphatic rings. The summed E-state index contributed by atoms with van der Waals surface area (Å²) in [6.45, 7) is 0. The van der Waals surface area contributed by atoms with Crippen molar-refractivity contribution in [1.82, 2.24) is 10.2 Å². The number of rotatable bonds is 0. The van der Waals surface area contributed by atoms with Gasteiger partial charge in [-0.3, -0.25) is 4.79 Å². The molecule has 0 spiro atoms. The monoisotopic (exact) mass is 315 g/mol. The van der Waals surface area contributed by atoms with Crippen LogP contribution in [0.15, 0.2) is 24.3 Å². The smallest absolute Gasteiger partial charge is 0.416 e. The standard InChI is InChI=1S/C12H5ClF3N3O2/c13-9-4-6-10(20)17-7-3-5(12(14,15)16)1-2-8(7)21-11(6)19-18-9/h1-4H,(H,17,20). The van der Waals surface area contributed by atoms with Crippen molar-refractivity contribution >= 4 is 23.2 Å². The molecule has 0 saturated carbocycles. The van der Waals surface area contributed by atoms with Crippen LogP contribution in [0, 0.1) is 0 Å². The predicted molar refractivity (Wildman–Crippen MR) is 66.5 cm³/mol. The minimum Gasteiger partial charge on any atom is -0.435 e. The average molecular weight is 316 g/mol. The number of hydrogen-bond acceptors (Lipinski definition) is 4. The normalized spacial score (nSPS) is 13.6. The van der Waals surface area contributed by atoms with Crippen molar-refractivity contribution < 1.29 is 22.7 Å². The number of alkyl halides is 3. The molecule has 0 saturated heterocycles. The van der Waals surface area contributed by atoms with Gasteiger partial charge in [-0.25, -0.2) is 0 Å². The largest absolute Gasteiger partial charge is 0.435 e. The van der Waals surface area contributed by atoms with Gasteiger partial charge in [0.1, 0.15) is 5.56 Å². The van der Waals surface area contributed by atoms with Gasteiger partial charge in [0, 0.05) is 0 Å². The second-order valence-electron chi connectivity index (χ2n) is 4.15. The highest BCUT2D eigenvalue weighted by Gasteiger charge is 2.32. The van der Waals surface area contributed by atoms with Crippen molar-refractivity contribution in [2.45, 2.75) is 6.18 Å². The van der Waals surface area contributed by atoms with Crippen LogP contribution in [-0.4, -0.2) is 16.1 Å². The molecule has 9 heteroatoms. The number of fused-ring (bicyclic) bond motifs is 2. The zero-order valence-electron chi connectivity index (χ0n) is 10.0. The number of ether oxygens (including phenoxy) is 1. The van der Waals surface area contributed by atoms with Crippen LogP contribution in [0.4, 0.5) is 18.9 Å². The fraction of sp³-hybridized carbons (Fsp3) is 0.0833. The third-order valence-electron chi connectivity index (χ3n) is 2.74. The lowest BCUT2D eigenvalue weighted by Gasteiger charge is -2.11. The lowest BCUT2D eigenvalue weighted by Crippen LogP contribution is -2.12. The maximum Gasteiger partial charge on any atom is 0.416 e. The average Bonchev–Trinajstić information content (AvgIpc) is 2.53. The molecule has 108 valence electrons. The maximum absolute atomic E-state index is 12.7. The Morgan fingerprint density at radius 1 is 1.19 bits per heavy atom. The van der Waals surface area contributed by atoms with Gasteiger partial charge in [-0.05, 0) is 24.3 Å². The topological polar surface area (TPSA) is 64.1 Å². The highest BCUT2D eigenvalue weighted by Crippen LogP contribution is 2.39. The Morgan fingerprint density at radius 3 is 2.67 bits per heavy atom. The van der Waals surface area contributed by atoms with Gasteiger partial charge in [0.2, 0.25) is 0 Å². The highest BCUT2D eigenvalue weighted by molar-refractivity contribution is 6.29. The van der Waals surface area contributed by atoms with E-state index in [1.54, 1.807) is 0 Å². The molecule has 3 rings (SSSR count). The zero-order valence-corrected chi connectivity index (χ0v) is 10.8. The van der Waals surface area contributed by atoms with Gasteiger partial charge in [-0.15, -0.1) is 10.2 Å². The molecule has 0 bridgehead atoms. The summed E-state index contributed by atoms with van der Waals surface area (Å²) in [6, 6.07) is 3.95. The minimum absolute atomic E-state index is 0.0141. The van der Waals surface area contributed by atoms with Gasteiger partial charge < -0.3 is 10.1 Å². The number of halogens is 4. The lowest BCUT2D eigenvalue weighted by molar-refractivity contribution is -0.137. The molecule has 1 N–H and O–H groups in total. The number of nitrogens with zero attached hydrogens (tertiary/aromatic N) is 2. The molecule has 21 heavy (non-hydrogen) atoms. The van der Waals surface area contributed by atoms with Crippen LogP contribution in [0.5, 0.6) is 11.6 Å². The molecule has 1 aromatic heterocycles. The molecule has 1 amide bonds. The summed E-state index contributed by atoms with van der Waals surface area (Å²) in [5, 5.41) is 9.44. The maximum atomic E-state index is 12.7. The number of amides is 1. The number of hydrogen-bond donors (Lipinski definition) is 1. The van der Waals surface area contributed by atoms with Crippen molar-refractivity contribution in [1.29, 1.82) is 0 Å². The van der Waals surface area contributed by atoms with Gasteiger partial charge >= 0.3 is 6.18 Å². The van der Waals surface area contributed by atoms with Crippen LogP contribution in [-0.2, 0) is 6.18 Å². The van der Waals surface area contributed by atoms with Crippen molar-refractivity contribution in [3.05, 3.63) is 40.5 Å². The first-order valence-electron chi connectivity index (χ1n) is 5.58. The van der Waals surface area contributed by atoms with E-state index < -0.39 is 17.6 Å². The molecule has 2 heterocycles. The lowest BCUT2D eigenvalue weighted by atomic mass is 10.1. The van der Waals surface area contributed by atoms with Crippen LogP contribution in [0.3, 0.4) is 0 Å². The molecule has 2 aromatic rings. The van der Waals surface area contributed by atoms with Crippen LogP contribution in [0.2, 0.25) is 5.15 Å². The van der Waals surface area contributed by atoms with E-state index in [0.29, 0.717) is 0 Å². The van der Waals surface area contributed by atoms with E-state index in [1.165, 1.54) is 6.07 Å². The van der Waals surface area contributed by atoms with Crippen LogP contribution >= 0.6 is 11.6 Å². The van der Waals surface area contributed by atoms with Crippen LogP contribution in [0.1, 0.15) is 15.9 Å². The zero-order chi connectivity index (χ0) is 15.2. The van der Waals surface area contributed by atoms with E-state index in [9.17, 15) is 18.0 Å². The van der Waals surface area contributed by atoms with E-state index >= 15 is 0 Å². The molecule has 0 fully saturated rings. The molecular weight excluding hydrogens is 311 g/mol. The van der Waals surface area contributed by atoms with Crippen LogP contribution < -0.4 is 10.1 Å². The predicted octanol–water partition coefficient (Wildman–Crippen LogP) is 3.51. The summed E-state index contributed by atoms with van der Waals surface area (Å²) in [5.41, 5.74) is -1.02. The minimum atomic E-state index is -4.53. The van der Waals surface area contributed by atoms with Gasteiger partial charge in [0.05, 0.1) is 11.3 Å². The van der Waals surface area contributed by atoms with Crippen LogP contribution in [0.25, 0.3) is 0 Å². The third kappa shape index (κ3) is 2.49. The van der Waals surface area contributed by atoms with E-state index in [1.807, 2.05) is 0 Å². The summed E-state index contributed by atoms with van der Waals surface area (Å²) >= 11 is 5.63. The Kier molecular flexibility index (Phi) is 2.98. The quantitative estimate of drug-likeness (QED) is 0.808. The Morgan fingerprint density at radius 2 is 1.95 bits per heavy atom. The summed E-state index contributed by atoms with van der Waals surface area (Å²) in [7, 11) is 0. The fourth-order valence-corrected chi connectivity index (χ4v) is 1.93. The van der Waals surface area contributed by atoms with Gasteiger partial charge in [-0.1, -0.05) is 11.6 Å². The summed E-state index contributed by atoms with van der Waals surface area (Å²) in [6.07, 6.45) is -4.53. The molecule has 5 nitrogen and oxygen atoms in total. The number of benzene rings is 1. The number of carbonyl (C=O) groups is 1. The summed E-state index contributed by atoms with van der Waals surface area (Å²) in [5.74, 6) is -0.776. The van der Waals surface area contributed by atoms with Crippen molar-refractivity contribution in [3.63, 3.8) is 0 Å². The van der Waals surface area contributed by atoms with Crippen molar-refractivity contribution in [2.24, 2.45) is 0 Å². The van der Waals surface area contributed by atoms with E-state index in [0.717, 1.165) is 18.2 Å². The number of aromatic nitrogens is 2. The fourth-order valence-electron chi connectivity index (χ4n) is 1.78. The van der Waals surface area contributed by atoms with Gasteiger partial charge in [-0.2, -0.15) is 13.2 Å². The van der Waals surface area contributed by atoms with E-state index in [2.05, 4.69) is 15.5 Å². The molecular formula is C12H5ClF3N3O2. The Balaban J connectivity index is 2.09. The Hall–Kier alpha value is -2.35. The molecule has 0 unspecified atom stereocenters. The van der Waals surface area contributed by atoms with E-state index in [-0.39, 0.29) is 28.0 Å². The summed E-state index contributed by atoms with van der Waals surface area (Å²) < 4.78 is 43.3. The molecule has 1 aromatic carbocycles. The van der Waals surface area contributed by atoms with Gasteiger partial charge in [0.15, 0.2) is 10.9 Å². The highest BCUT2D eigenvalue weighted by atomic mass is 35.5. The molecule has 0 radical (unpaired) electrons.